The fourth-order valence-electron chi connectivity index (χ4n) is 2.37. The van der Waals surface area contributed by atoms with Crippen molar-refractivity contribution in [3.05, 3.63) is 82.4 Å². The van der Waals surface area contributed by atoms with Crippen LogP contribution in [-0.4, -0.2) is 0 Å². The van der Waals surface area contributed by atoms with Crippen molar-refractivity contribution in [3.8, 4) is 0 Å². The summed E-state index contributed by atoms with van der Waals surface area (Å²) in [5.74, 6) is -1.16. The van der Waals surface area contributed by atoms with Crippen LogP contribution in [0.25, 0.3) is 10.8 Å². The molecular weight excluding hydrogens is 358 g/mol. The standard InChI is InChI=1S/C17H10BrClF2/c18-17(13-8-16(21)14(19)9-15(13)20)12-7-3-5-10-4-1-2-6-11(10)12/h1-9,17H. The molecule has 0 heterocycles. The molecule has 106 valence electrons. The first-order chi connectivity index (χ1) is 10.1. The maximum absolute atomic E-state index is 14.1. The van der Waals surface area contributed by atoms with Crippen LogP contribution in [0, 0.1) is 11.6 Å². The van der Waals surface area contributed by atoms with Crippen LogP contribution < -0.4 is 0 Å². The Labute approximate surface area is 134 Å². The topological polar surface area (TPSA) is 0 Å². The summed E-state index contributed by atoms with van der Waals surface area (Å²) in [5, 5.41) is 1.83. The van der Waals surface area contributed by atoms with Crippen molar-refractivity contribution < 1.29 is 8.78 Å². The van der Waals surface area contributed by atoms with E-state index in [2.05, 4.69) is 15.9 Å². The van der Waals surface area contributed by atoms with Gasteiger partial charge in [-0.1, -0.05) is 70.0 Å². The minimum absolute atomic E-state index is 0.214. The molecule has 0 aromatic heterocycles. The van der Waals surface area contributed by atoms with Crippen LogP contribution in [0.2, 0.25) is 5.02 Å². The lowest BCUT2D eigenvalue weighted by Gasteiger charge is -2.15. The lowest BCUT2D eigenvalue weighted by molar-refractivity contribution is 0.589. The van der Waals surface area contributed by atoms with Gasteiger partial charge in [-0.25, -0.2) is 8.78 Å². The van der Waals surface area contributed by atoms with Crippen LogP contribution in [0.5, 0.6) is 0 Å². The van der Waals surface area contributed by atoms with E-state index in [1.807, 2.05) is 42.5 Å². The molecule has 0 N–H and O–H groups in total. The van der Waals surface area contributed by atoms with Gasteiger partial charge in [-0.2, -0.15) is 0 Å². The normalized spacial score (nSPS) is 12.6. The Bertz CT molecular complexity index is 812. The predicted octanol–water partition coefficient (Wildman–Crippen LogP) is 6.26. The molecule has 0 saturated carbocycles. The Morgan fingerprint density at radius 3 is 2.38 bits per heavy atom. The van der Waals surface area contributed by atoms with E-state index in [0.29, 0.717) is 0 Å². The molecule has 3 aromatic carbocycles. The third-order valence-electron chi connectivity index (χ3n) is 3.41. The predicted molar refractivity (Wildman–Crippen MR) is 86.1 cm³/mol. The molecule has 1 atom stereocenters. The second-order valence-electron chi connectivity index (χ2n) is 4.72. The maximum Gasteiger partial charge on any atom is 0.142 e. The summed E-state index contributed by atoms with van der Waals surface area (Å²) in [6.45, 7) is 0. The molecule has 0 aliphatic heterocycles. The number of hydrogen-bond acceptors (Lipinski definition) is 0. The molecule has 0 spiro atoms. The van der Waals surface area contributed by atoms with Gasteiger partial charge in [0.25, 0.3) is 0 Å². The highest BCUT2D eigenvalue weighted by Crippen LogP contribution is 2.37. The lowest BCUT2D eigenvalue weighted by Crippen LogP contribution is -1.99. The SMILES string of the molecule is Fc1cc(C(Br)c2cccc3ccccc23)c(F)cc1Cl. The van der Waals surface area contributed by atoms with Gasteiger partial charge in [-0.15, -0.1) is 0 Å². The van der Waals surface area contributed by atoms with E-state index < -0.39 is 16.5 Å². The summed E-state index contributed by atoms with van der Waals surface area (Å²) in [7, 11) is 0. The summed E-state index contributed by atoms with van der Waals surface area (Å²) in [6, 6.07) is 15.7. The van der Waals surface area contributed by atoms with Gasteiger partial charge in [-0.3, -0.25) is 0 Å². The van der Waals surface area contributed by atoms with Crippen molar-refractivity contribution in [1.29, 1.82) is 0 Å². The van der Waals surface area contributed by atoms with E-state index in [0.717, 1.165) is 28.5 Å². The molecule has 0 radical (unpaired) electrons. The van der Waals surface area contributed by atoms with E-state index in [1.54, 1.807) is 0 Å². The molecule has 3 rings (SSSR count). The van der Waals surface area contributed by atoms with Crippen molar-refractivity contribution in [2.45, 2.75) is 4.83 Å². The van der Waals surface area contributed by atoms with Crippen LogP contribution in [0.1, 0.15) is 16.0 Å². The van der Waals surface area contributed by atoms with Crippen LogP contribution >= 0.6 is 27.5 Å². The van der Waals surface area contributed by atoms with Crippen molar-refractivity contribution in [2.24, 2.45) is 0 Å². The highest BCUT2D eigenvalue weighted by Gasteiger charge is 2.19. The van der Waals surface area contributed by atoms with Gasteiger partial charge in [0.1, 0.15) is 11.6 Å². The Hall–Kier alpha value is -1.45. The number of hydrogen-bond donors (Lipinski definition) is 0. The highest BCUT2D eigenvalue weighted by molar-refractivity contribution is 9.09. The molecule has 0 aliphatic carbocycles. The number of benzene rings is 3. The summed E-state index contributed by atoms with van der Waals surface area (Å²) < 4.78 is 27.7. The highest BCUT2D eigenvalue weighted by atomic mass is 79.9. The molecule has 21 heavy (non-hydrogen) atoms. The molecule has 0 saturated heterocycles. The van der Waals surface area contributed by atoms with Gasteiger partial charge in [0.05, 0.1) is 9.85 Å². The summed E-state index contributed by atoms with van der Waals surface area (Å²) >= 11 is 9.08. The number of fused-ring (bicyclic) bond motifs is 1. The minimum atomic E-state index is -0.627. The molecule has 4 heteroatoms. The van der Waals surface area contributed by atoms with Gasteiger partial charge < -0.3 is 0 Å². The second kappa shape index (κ2) is 5.74. The first-order valence-corrected chi connectivity index (χ1v) is 7.63. The smallest absolute Gasteiger partial charge is 0.142 e. The maximum atomic E-state index is 14.1. The Morgan fingerprint density at radius 2 is 1.57 bits per heavy atom. The molecular formula is C17H10BrClF2. The fraction of sp³-hybridized carbons (Fsp3) is 0.0588. The summed E-state index contributed by atoms with van der Waals surface area (Å²) in [5.41, 5.74) is 1.11. The van der Waals surface area contributed by atoms with Crippen molar-refractivity contribution >= 4 is 38.3 Å². The zero-order valence-electron chi connectivity index (χ0n) is 10.8. The van der Waals surface area contributed by atoms with Gasteiger partial charge >= 0.3 is 0 Å². The van der Waals surface area contributed by atoms with E-state index in [4.69, 9.17) is 11.6 Å². The lowest BCUT2D eigenvalue weighted by atomic mass is 9.98. The van der Waals surface area contributed by atoms with Gasteiger partial charge in [0.15, 0.2) is 0 Å². The number of alkyl halides is 1. The van der Waals surface area contributed by atoms with Crippen molar-refractivity contribution in [2.75, 3.05) is 0 Å². The van der Waals surface area contributed by atoms with Crippen LogP contribution in [0.4, 0.5) is 8.78 Å². The quantitative estimate of drug-likeness (QED) is 0.371. The minimum Gasteiger partial charge on any atom is -0.207 e. The summed E-state index contributed by atoms with van der Waals surface area (Å²) in [4.78, 5) is -0.449. The summed E-state index contributed by atoms with van der Waals surface area (Å²) in [6.07, 6.45) is 0. The Morgan fingerprint density at radius 1 is 0.857 bits per heavy atom. The first kappa shape index (κ1) is 14.5. The molecule has 0 nitrogen and oxygen atoms in total. The van der Waals surface area contributed by atoms with Gasteiger partial charge in [-0.05, 0) is 28.5 Å². The zero-order valence-corrected chi connectivity index (χ0v) is 13.1. The van der Waals surface area contributed by atoms with Crippen LogP contribution in [0.3, 0.4) is 0 Å². The Balaban J connectivity index is 2.17. The number of halogens is 4. The van der Waals surface area contributed by atoms with E-state index >= 15 is 0 Å². The van der Waals surface area contributed by atoms with Crippen molar-refractivity contribution in [3.63, 3.8) is 0 Å². The van der Waals surface area contributed by atoms with Crippen LogP contribution in [0.15, 0.2) is 54.6 Å². The zero-order chi connectivity index (χ0) is 15.0. The Kier molecular flexibility index (Phi) is 3.96. The monoisotopic (exact) mass is 366 g/mol. The van der Waals surface area contributed by atoms with Crippen LogP contribution in [-0.2, 0) is 0 Å². The third-order valence-corrected chi connectivity index (χ3v) is 4.69. The molecule has 0 amide bonds. The van der Waals surface area contributed by atoms with E-state index in [1.165, 1.54) is 0 Å². The molecule has 1 unspecified atom stereocenters. The second-order valence-corrected chi connectivity index (χ2v) is 6.04. The molecule has 3 aromatic rings. The first-order valence-electron chi connectivity index (χ1n) is 6.34. The van der Waals surface area contributed by atoms with E-state index in [-0.39, 0.29) is 10.6 Å². The molecule has 0 fully saturated rings. The molecule has 0 bridgehead atoms. The molecule has 0 aliphatic rings. The number of rotatable bonds is 2. The van der Waals surface area contributed by atoms with Crippen molar-refractivity contribution in [1.82, 2.24) is 0 Å². The third kappa shape index (κ3) is 2.68. The van der Waals surface area contributed by atoms with Gasteiger partial charge in [0, 0.05) is 5.56 Å². The largest absolute Gasteiger partial charge is 0.207 e. The van der Waals surface area contributed by atoms with E-state index in [9.17, 15) is 8.78 Å². The van der Waals surface area contributed by atoms with Gasteiger partial charge in [0.2, 0.25) is 0 Å². The average molecular weight is 368 g/mol. The average Bonchev–Trinajstić information content (AvgIpc) is 2.49. The fourth-order valence-corrected chi connectivity index (χ4v) is 3.27.